The number of hydrogen-bond acceptors (Lipinski definition) is 3. The highest BCUT2D eigenvalue weighted by Crippen LogP contribution is 2.23. The fraction of sp³-hybridized carbons (Fsp3) is 0.462. The zero-order valence-corrected chi connectivity index (χ0v) is 9.74. The molecule has 0 bridgehead atoms. The van der Waals surface area contributed by atoms with Gasteiger partial charge in [-0.05, 0) is 25.0 Å². The number of halogens is 1. The van der Waals surface area contributed by atoms with Crippen molar-refractivity contribution < 1.29 is 18.7 Å². The van der Waals surface area contributed by atoms with Gasteiger partial charge in [0.15, 0.2) is 17.3 Å². The molecular weight excluding hydrogens is 223 g/mol. The van der Waals surface area contributed by atoms with E-state index >= 15 is 0 Å². The lowest BCUT2D eigenvalue weighted by molar-refractivity contribution is 0.0772. The Kier molecular flexibility index (Phi) is 3.74. The Hall–Kier alpha value is -1.42. The Morgan fingerprint density at radius 2 is 2.41 bits per heavy atom. The number of carbonyl (C=O) groups excluding carboxylic acids is 1. The molecule has 0 N–H and O–H groups in total. The average molecular weight is 238 g/mol. The van der Waals surface area contributed by atoms with Crippen molar-refractivity contribution in [1.82, 2.24) is 0 Å². The highest BCUT2D eigenvalue weighted by atomic mass is 19.1. The summed E-state index contributed by atoms with van der Waals surface area (Å²) in [5.74, 6) is -0.713. The van der Waals surface area contributed by atoms with E-state index < -0.39 is 5.82 Å². The first-order valence-electron chi connectivity index (χ1n) is 5.69. The van der Waals surface area contributed by atoms with Gasteiger partial charge in [0.05, 0.1) is 18.8 Å². The first-order valence-corrected chi connectivity index (χ1v) is 5.69. The van der Waals surface area contributed by atoms with Crippen molar-refractivity contribution in [3.8, 4) is 5.75 Å². The van der Waals surface area contributed by atoms with Gasteiger partial charge in [-0.2, -0.15) is 0 Å². The fourth-order valence-corrected chi connectivity index (χ4v) is 2.01. The summed E-state index contributed by atoms with van der Waals surface area (Å²) in [5.41, 5.74) is 0.0832. The minimum atomic E-state index is -0.585. The second-order valence-electron chi connectivity index (χ2n) is 4.08. The van der Waals surface area contributed by atoms with Gasteiger partial charge < -0.3 is 9.47 Å². The average Bonchev–Trinajstić information content (AvgIpc) is 2.82. The van der Waals surface area contributed by atoms with Gasteiger partial charge in [0.1, 0.15) is 0 Å². The lowest BCUT2D eigenvalue weighted by Crippen LogP contribution is -2.14. The van der Waals surface area contributed by atoms with E-state index in [-0.39, 0.29) is 29.6 Å². The van der Waals surface area contributed by atoms with E-state index in [1.807, 2.05) is 0 Å². The maximum Gasteiger partial charge on any atom is 0.175 e. The molecule has 1 aliphatic heterocycles. The third-order valence-corrected chi connectivity index (χ3v) is 2.92. The molecule has 0 aromatic heterocycles. The highest BCUT2D eigenvalue weighted by molar-refractivity contribution is 5.97. The lowest BCUT2D eigenvalue weighted by Gasteiger charge is -2.10. The van der Waals surface area contributed by atoms with E-state index in [0.29, 0.717) is 6.61 Å². The first kappa shape index (κ1) is 12.0. The van der Waals surface area contributed by atoms with Crippen molar-refractivity contribution in [3.63, 3.8) is 0 Å². The Balaban J connectivity index is 2.12. The molecule has 1 unspecified atom stereocenters. The topological polar surface area (TPSA) is 35.5 Å². The molecule has 2 rings (SSSR count). The Morgan fingerprint density at radius 3 is 3.06 bits per heavy atom. The van der Waals surface area contributed by atoms with Crippen LogP contribution in [0.15, 0.2) is 18.2 Å². The van der Waals surface area contributed by atoms with E-state index in [1.165, 1.54) is 19.2 Å². The van der Waals surface area contributed by atoms with Crippen LogP contribution in [0, 0.1) is 5.82 Å². The smallest absolute Gasteiger partial charge is 0.175 e. The fourth-order valence-electron chi connectivity index (χ4n) is 2.01. The van der Waals surface area contributed by atoms with Gasteiger partial charge in [0, 0.05) is 13.0 Å². The molecule has 0 saturated carbocycles. The van der Waals surface area contributed by atoms with E-state index in [1.54, 1.807) is 6.07 Å². The van der Waals surface area contributed by atoms with Crippen LogP contribution in [0.5, 0.6) is 5.75 Å². The molecule has 0 spiro atoms. The second-order valence-corrected chi connectivity index (χ2v) is 4.08. The molecule has 1 aromatic rings. The predicted octanol–water partition coefficient (Wildman–Crippen LogP) is 2.59. The maximum absolute atomic E-state index is 13.8. The third kappa shape index (κ3) is 2.64. The molecule has 3 nitrogen and oxygen atoms in total. The van der Waals surface area contributed by atoms with Gasteiger partial charge in [0.25, 0.3) is 0 Å². The molecular formula is C13H15FO3. The summed E-state index contributed by atoms with van der Waals surface area (Å²) in [6, 6.07) is 4.60. The Labute approximate surface area is 99.5 Å². The summed E-state index contributed by atoms with van der Waals surface area (Å²) in [4.78, 5) is 11.9. The van der Waals surface area contributed by atoms with Gasteiger partial charge in [0.2, 0.25) is 0 Å². The quantitative estimate of drug-likeness (QED) is 0.756. The number of ether oxygens (including phenoxy) is 2. The summed E-state index contributed by atoms with van der Waals surface area (Å²) in [6.07, 6.45) is 2.02. The molecule has 0 radical (unpaired) electrons. The first-order chi connectivity index (χ1) is 8.22. The number of methoxy groups -OCH3 is 1. The lowest BCUT2D eigenvalue weighted by atomic mass is 10.0. The van der Waals surface area contributed by atoms with Crippen LogP contribution < -0.4 is 4.74 Å². The standard InChI is InChI=1S/C13H15FO3/c1-16-12-6-2-5-10(13(12)14)11(15)8-9-4-3-7-17-9/h2,5-6,9H,3-4,7-8H2,1H3. The molecule has 1 aromatic carbocycles. The maximum atomic E-state index is 13.8. The molecule has 1 heterocycles. The number of benzene rings is 1. The molecule has 1 saturated heterocycles. The molecule has 92 valence electrons. The minimum absolute atomic E-state index is 0.0619. The third-order valence-electron chi connectivity index (χ3n) is 2.92. The van der Waals surface area contributed by atoms with Crippen LogP contribution >= 0.6 is 0 Å². The Morgan fingerprint density at radius 1 is 1.59 bits per heavy atom. The molecule has 1 fully saturated rings. The van der Waals surface area contributed by atoms with Crippen LogP contribution in [-0.4, -0.2) is 25.6 Å². The number of rotatable bonds is 4. The summed E-state index contributed by atoms with van der Waals surface area (Å²) < 4.78 is 24.0. The summed E-state index contributed by atoms with van der Waals surface area (Å²) in [7, 11) is 1.38. The molecule has 0 amide bonds. The van der Waals surface area contributed by atoms with E-state index in [4.69, 9.17) is 9.47 Å². The van der Waals surface area contributed by atoms with E-state index in [0.717, 1.165) is 12.8 Å². The summed E-state index contributed by atoms with van der Waals surface area (Å²) in [5, 5.41) is 0. The number of carbonyl (C=O) groups is 1. The number of hydrogen-bond donors (Lipinski definition) is 0. The van der Waals surface area contributed by atoms with E-state index in [9.17, 15) is 9.18 Å². The molecule has 4 heteroatoms. The summed E-state index contributed by atoms with van der Waals surface area (Å²) in [6.45, 7) is 0.693. The largest absolute Gasteiger partial charge is 0.494 e. The molecule has 1 atom stereocenters. The van der Waals surface area contributed by atoms with Gasteiger partial charge in [-0.3, -0.25) is 4.79 Å². The SMILES string of the molecule is COc1cccc(C(=O)CC2CCCO2)c1F. The van der Waals surface area contributed by atoms with Crippen LogP contribution in [-0.2, 0) is 4.74 Å². The van der Waals surface area contributed by atoms with Crippen molar-refractivity contribution >= 4 is 5.78 Å². The minimum Gasteiger partial charge on any atom is -0.494 e. The van der Waals surface area contributed by atoms with Crippen molar-refractivity contribution in [3.05, 3.63) is 29.6 Å². The van der Waals surface area contributed by atoms with Crippen molar-refractivity contribution in [2.45, 2.75) is 25.4 Å². The van der Waals surface area contributed by atoms with Crippen LogP contribution in [0.25, 0.3) is 0 Å². The van der Waals surface area contributed by atoms with Crippen LogP contribution in [0.1, 0.15) is 29.6 Å². The molecule has 1 aliphatic rings. The molecule has 17 heavy (non-hydrogen) atoms. The highest BCUT2D eigenvalue weighted by Gasteiger charge is 2.22. The Bertz CT molecular complexity index is 411. The van der Waals surface area contributed by atoms with Gasteiger partial charge in [-0.25, -0.2) is 4.39 Å². The van der Waals surface area contributed by atoms with Gasteiger partial charge >= 0.3 is 0 Å². The van der Waals surface area contributed by atoms with Crippen molar-refractivity contribution in [2.75, 3.05) is 13.7 Å². The number of Topliss-reactive ketones (excluding diaryl/α,β-unsaturated/α-hetero) is 1. The van der Waals surface area contributed by atoms with Crippen LogP contribution in [0.4, 0.5) is 4.39 Å². The predicted molar refractivity (Wildman–Crippen MR) is 60.9 cm³/mol. The summed E-state index contributed by atoms with van der Waals surface area (Å²) >= 11 is 0. The van der Waals surface area contributed by atoms with Gasteiger partial charge in [-0.15, -0.1) is 0 Å². The van der Waals surface area contributed by atoms with Gasteiger partial charge in [-0.1, -0.05) is 6.07 Å². The van der Waals surface area contributed by atoms with Crippen LogP contribution in [0.2, 0.25) is 0 Å². The van der Waals surface area contributed by atoms with Crippen LogP contribution in [0.3, 0.4) is 0 Å². The monoisotopic (exact) mass is 238 g/mol. The van der Waals surface area contributed by atoms with Crippen molar-refractivity contribution in [2.24, 2.45) is 0 Å². The zero-order valence-electron chi connectivity index (χ0n) is 9.74. The number of ketones is 1. The zero-order chi connectivity index (χ0) is 12.3. The second kappa shape index (κ2) is 5.27. The van der Waals surface area contributed by atoms with Crippen molar-refractivity contribution in [1.29, 1.82) is 0 Å². The van der Waals surface area contributed by atoms with E-state index in [2.05, 4.69) is 0 Å². The normalized spacial score (nSPS) is 19.3. The molecule has 0 aliphatic carbocycles.